The molecule has 114 valence electrons. The molecule has 0 atom stereocenters. The summed E-state index contributed by atoms with van der Waals surface area (Å²) in [5, 5.41) is 13.9. The minimum atomic E-state index is -0.440. The molecule has 0 spiro atoms. The predicted octanol–water partition coefficient (Wildman–Crippen LogP) is 2.68. The molecule has 0 saturated carbocycles. The van der Waals surface area contributed by atoms with Crippen LogP contribution in [-0.2, 0) is 6.54 Å². The van der Waals surface area contributed by atoms with Gasteiger partial charge in [-0.05, 0) is 19.1 Å². The Bertz CT molecular complexity index is 718. The summed E-state index contributed by atoms with van der Waals surface area (Å²) < 4.78 is 11.2. The van der Waals surface area contributed by atoms with Gasteiger partial charge in [0.05, 0.1) is 4.92 Å². The third-order valence-corrected chi connectivity index (χ3v) is 3.39. The highest BCUT2D eigenvalue weighted by Gasteiger charge is 2.16. The first kappa shape index (κ1) is 14.1. The lowest BCUT2D eigenvalue weighted by Gasteiger charge is -2.21. The second kappa shape index (κ2) is 5.88. The van der Waals surface area contributed by atoms with E-state index < -0.39 is 4.92 Å². The minimum absolute atomic E-state index is 0.0133. The highest BCUT2D eigenvalue weighted by atomic mass is 16.6. The first-order valence-electron chi connectivity index (χ1n) is 6.87. The van der Waals surface area contributed by atoms with Crippen LogP contribution in [0.15, 0.2) is 30.5 Å². The summed E-state index contributed by atoms with van der Waals surface area (Å²) in [6.45, 7) is 3.26. The molecule has 2 heterocycles. The van der Waals surface area contributed by atoms with Gasteiger partial charge in [-0.2, -0.15) is 0 Å². The van der Waals surface area contributed by atoms with Gasteiger partial charge in [-0.25, -0.2) is 4.98 Å². The Morgan fingerprint density at radius 2 is 2.18 bits per heavy atom. The van der Waals surface area contributed by atoms with E-state index in [1.807, 2.05) is 18.2 Å². The van der Waals surface area contributed by atoms with E-state index >= 15 is 0 Å². The molecule has 2 aromatic rings. The van der Waals surface area contributed by atoms with Gasteiger partial charge in [0.15, 0.2) is 11.5 Å². The molecule has 7 heteroatoms. The number of anilines is 1. The van der Waals surface area contributed by atoms with Gasteiger partial charge in [0.1, 0.15) is 25.2 Å². The largest absolute Gasteiger partial charge is 0.486 e. The van der Waals surface area contributed by atoms with E-state index in [1.54, 1.807) is 13.0 Å². The van der Waals surface area contributed by atoms with Gasteiger partial charge in [0.25, 0.3) is 5.69 Å². The summed E-state index contributed by atoms with van der Waals surface area (Å²) in [4.78, 5) is 14.4. The van der Waals surface area contributed by atoms with Crippen LogP contribution in [0.1, 0.15) is 11.1 Å². The number of fused-ring (bicyclic) bond motifs is 1. The van der Waals surface area contributed by atoms with E-state index in [1.165, 1.54) is 6.20 Å². The first-order chi connectivity index (χ1) is 10.6. The van der Waals surface area contributed by atoms with Crippen molar-refractivity contribution in [1.82, 2.24) is 4.98 Å². The van der Waals surface area contributed by atoms with Gasteiger partial charge in [0.2, 0.25) is 0 Å². The van der Waals surface area contributed by atoms with Crippen molar-refractivity contribution in [3.63, 3.8) is 0 Å². The van der Waals surface area contributed by atoms with Gasteiger partial charge in [-0.1, -0.05) is 12.1 Å². The van der Waals surface area contributed by atoms with Crippen LogP contribution in [0.3, 0.4) is 0 Å². The Kier molecular flexibility index (Phi) is 3.78. The van der Waals surface area contributed by atoms with E-state index in [-0.39, 0.29) is 5.69 Å². The molecule has 0 radical (unpaired) electrons. The Hall–Kier alpha value is -2.83. The number of hydrogen-bond donors (Lipinski definition) is 1. The molecule has 1 aromatic heterocycles. The van der Waals surface area contributed by atoms with Crippen molar-refractivity contribution in [1.29, 1.82) is 0 Å². The smallest absolute Gasteiger partial charge is 0.290 e. The minimum Gasteiger partial charge on any atom is -0.486 e. The van der Waals surface area contributed by atoms with Crippen molar-refractivity contribution in [3.05, 3.63) is 51.7 Å². The van der Waals surface area contributed by atoms with Gasteiger partial charge in [0, 0.05) is 17.7 Å². The number of nitrogens with zero attached hydrogens (tertiary/aromatic N) is 2. The molecule has 0 fully saturated rings. The fourth-order valence-electron chi connectivity index (χ4n) is 2.30. The quantitative estimate of drug-likeness (QED) is 0.690. The molecular weight excluding hydrogens is 286 g/mol. The molecule has 22 heavy (non-hydrogen) atoms. The number of rotatable bonds is 4. The SMILES string of the molecule is Cc1cc(NCc2cccc3c2OCCO3)ncc1[N+](=O)[O-]. The molecule has 0 saturated heterocycles. The lowest BCUT2D eigenvalue weighted by Crippen LogP contribution is -2.17. The molecule has 3 rings (SSSR count). The zero-order valence-corrected chi connectivity index (χ0v) is 12.0. The van der Waals surface area contributed by atoms with Crippen LogP contribution in [-0.4, -0.2) is 23.1 Å². The molecule has 1 aliphatic heterocycles. The molecule has 1 N–H and O–H groups in total. The summed E-state index contributed by atoms with van der Waals surface area (Å²) >= 11 is 0. The monoisotopic (exact) mass is 301 g/mol. The summed E-state index contributed by atoms with van der Waals surface area (Å²) in [6, 6.07) is 7.37. The number of nitro groups is 1. The van der Waals surface area contributed by atoms with E-state index in [0.29, 0.717) is 31.1 Å². The van der Waals surface area contributed by atoms with E-state index in [4.69, 9.17) is 9.47 Å². The van der Waals surface area contributed by atoms with Crippen molar-refractivity contribution < 1.29 is 14.4 Å². The van der Waals surface area contributed by atoms with Crippen molar-refractivity contribution >= 4 is 11.5 Å². The van der Waals surface area contributed by atoms with Crippen LogP contribution in [0.2, 0.25) is 0 Å². The van der Waals surface area contributed by atoms with Gasteiger partial charge in [-0.3, -0.25) is 10.1 Å². The van der Waals surface area contributed by atoms with Crippen molar-refractivity contribution in [2.24, 2.45) is 0 Å². The number of hydrogen-bond acceptors (Lipinski definition) is 6. The maximum Gasteiger partial charge on any atom is 0.290 e. The van der Waals surface area contributed by atoms with Crippen LogP contribution in [0.5, 0.6) is 11.5 Å². The second-order valence-corrected chi connectivity index (χ2v) is 4.91. The zero-order valence-electron chi connectivity index (χ0n) is 12.0. The molecule has 7 nitrogen and oxygen atoms in total. The summed E-state index contributed by atoms with van der Waals surface area (Å²) in [5.41, 5.74) is 1.53. The average Bonchev–Trinajstić information content (AvgIpc) is 2.52. The number of ether oxygens (including phenoxy) is 2. The molecular formula is C15H15N3O4. The Morgan fingerprint density at radius 1 is 1.36 bits per heavy atom. The maximum absolute atomic E-state index is 10.8. The maximum atomic E-state index is 10.8. The standard InChI is InChI=1S/C15H15N3O4/c1-10-7-14(17-9-12(10)18(19)20)16-8-11-3-2-4-13-15(11)22-6-5-21-13/h2-4,7,9H,5-6,8H2,1H3,(H,16,17). The molecule has 0 bridgehead atoms. The molecule has 0 aliphatic carbocycles. The highest BCUT2D eigenvalue weighted by molar-refractivity contribution is 5.51. The number of aryl methyl sites for hydroxylation is 1. The molecule has 0 amide bonds. The lowest BCUT2D eigenvalue weighted by atomic mass is 10.1. The highest BCUT2D eigenvalue weighted by Crippen LogP contribution is 2.34. The van der Waals surface area contributed by atoms with Gasteiger partial charge < -0.3 is 14.8 Å². The van der Waals surface area contributed by atoms with E-state index in [2.05, 4.69) is 10.3 Å². The topological polar surface area (TPSA) is 86.5 Å². The van der Waals surface area contributed by atoms with Crippen LogP contribution in [0.4, 0.5) is 11.5 Å². The third-order valence-electron chi connectivity index (χ3n) is 3.39. The number of aromatic nitrogens is 1. The Labute approximate surface area is 127 Å². The summed E-state index contributed by atoms with van der Waals surface area (Å²) in [5.74, 6) is 2.05. The van der Waals surface area contributed by atoms with Crippen molar-refractivity contribution in [2.45, 2.75) is 13.5 Å². The van der Waals surface area contributed by atoms with E-state index in [0.717, 1.165) is 17.1 Å². The van der Waals surface area contributed by atoms with Crippen LogP contribution in [0.25, 0.3) is 0 Å². The van der Waals surface area contributed by atoms with Crippen molar-refractivity contribution in [2.75, 3.05) is 18.5 Å². The Balaban J connectivity index is 1.76. The third kappa shape index (κ3) is 2.78. The normalized spacial score (nSPS) is 12.8. The molecule has 0 unspecified atom stereocenters. The second-order valence-electron chi connectivity index (χ2n) is 4.91. The number of pyridine rings is 1. The zero-order chi connectivity index (χ0) is 15.5. The van der Waals surface area contributed by atoms with Crippen molar-refractivity contribution in [3.8, 4) is 11.5 Å². The van der Waals surface area contributed by atoms with E-state index in [9.17, 15) is 10.1 Å². The van der Waals surface area contributed by atoms with Crippen LogP contribution in [0, 0.1) is 17.0 Å². The number of nitrogens with one attached hydrogen (secondary N) is 1. The first-order valence-corrected chi connectivity index (χ1v) is 6.87. The van der Waals surface area contributed by atoms with Crippen LogP contribution >= 0.6 is 0 Å². The predicted molar refractivity (Wildman–Crippen MR) is 80.4 cm³/mol. The van der Waals surface area contributed by atoms with Gasteiger partial charge in [-0.15, -0.1) is 0 Å². The number of para-hydroxylation sites is 1. The summed E-state index contributed by atoms with van der Waals surface area (Å²) in [7, 11) is 0. The van der Waals surface area contributed by atoms with Crippen LogP contribution < -0.4 is 14.8 Å². The van der Waals surface area contributed by atoms with Gasteiger partial charge >= 0.3 is 0 Å². The lowest BCUT2D eigenvalue weighted by molar-refractivity contribution is -0.385. The fraction of sp³-hybridized carbons (Fsp3) is 0.267. The molecule has 1 aliphatic rings. The Morgan fingerprint density at radius 3 is 2.95 bits per heavy atom. The summed E-state index contributed by atoms with van der Waals surface area (Å²) in [6.07, 6.45) is 1.26. The molecule has 1 aromatic carbocycles. The average molecular weight is 301 g/mol. The number of benzene rings is 1. The fourth-order valence-corrected chi connectivity index (χ4v) is 2.30.